The Hall–Kier alpha value is -1.58. The number of benzene rings is 1. The predicted octanol–water partition coefficient (Wildman–Crippen LogP) is 5.81. The van der Waals surface area contributed by atoms with Gasteiger partial charge in [-0.1, -0.05) is 34.1 Å². The summed E-state index contributed by atoms with van der Waals surface area (Å²) in [5.74, 6) is -0.539. The smallest absolute Gasteiger partial charge is 0.264 e. The molecule has 0 saturated heterocycles. The molecule has 6 nitrogen and oxygen atoms in total. The van der Waals surface area contributed by atoms with E-state index in [1.54, 1.807) is 0 Å². The molecule has 0 heterocycles. The Kier molecular flexibility index (Phi) is 8.40. The highest BCUT2D eigenvalue weighted by Gasteiger charge is 2.64. The molecule has 4 fully saturated rings. The fourth-order valence-electron chi connectivity index (χ4n) is 10.4. The summed E-state index contributed by atoms with van der Waals surface area (Å²) in [6.07, 6.45) is 7.68. The van der Waals surface area contributed by atoms with Crippen molar-refractivity contribution in [3.05, 3.63) is 29.8 Å². The van der Waals surface area contributed by atoms with Gasteiger partial charge in [-0.2, -0.15) is 0 Å². The molecule has 0 radical (unpaired) electrons. The molecule has 3 N–H and O–H groups in total. The largest absolute Gasteiger partial charge is 0.393 e. The van der Waals surface area contributed by atoms with Gasteiger partial charge in [0.25, 0.3) is 10.0 Å². The number of amides is 1. The molecular formula is C32H47F2NO5S. The average molecular weight is 596 g/mol. The van der Waals surface area contributed by atoms with Crippen molar-refractivity contribution in [3.8, 4) is 0 Å². The fraction of sp³-hybridized carbons (Fsp3) is 0.781. The normalized spacial score (nSPS) is 41.2. The molecule has 9 heteroatoms. The highest BCUT2D eigenvalue weighted by Crippen LogP contribution is 2.69. The molecule has 1 amide bonds. The maximum Gasteiger partial charge on any atom is 0.264 e. The number of nitrogens with one attached hydrogen (secondary N) is 1. The molecule has 0 bridgehead atoms. The zero-order chi connectivity index (χ0) is 29.9. The molecule has 4 aliphatic rings. The quantitative estimate of drug-likeness (QED) is 0.369. The molecule has 230 valence electrons. The van der Waals surface area contributed by atoms with Gasteiger partial charge in [0.2, 0.25) is 5.91 Å². The first kappa shape index (κ1) is 30.9. The lowest BCUT2D eigenvalue weighted by Gasteiger charge is -2.64. The fourth-order valence-corrected chi connectivity index (χ4v) is 11.5. The highest BCUT2D eigenvalue weighted by molar-refractivity contribution is 7.90. The summed E-state index contributed by atoms with van der Waals surface area (Å²) < 4.78 is 54.1. The lowest BCUT2D eigenvalue weighted by Crippen LogP contribution is -2.62. The van der Waals surface area contributed by atoms with E-state index in [0.29, 0.717) is 48.3 Å². The molecule has 1 aromatic carbocycles. The van der Waals surface area contributed by atoms with Crippen molar-refractivity contribution >= 4 is 15.9 Å². The van der Waals surface area contributed by atoms with E-state index in [2.05, 4.69) is 27.7 Å². The van der Waals surface area contributed by atoms with E-state index in [4.69, 9.17) is 0 Å². The van der Waals surface area contributed by atoms with Crippen LogP contribution in [0.1, 0.15) is 91.9 Å². The molecule has 0 spiro atoms. The zero-order valence-corrected chi connectivity index (χ0v) is 25.6. The number of hydrogen-bond donors (Lipinski definition) is 3. The first-order valence-electron chi connectivity index (χ1n) is 15.6. The van der Waals surface area contributed by atoms with Gasteiger partial charge in [-0.25, -0.2) is 21.9 Å². The molecular weight excluding hydrogens is 548 g/mol. The van der Waals surface area contributed by atoms with Gasteiger partial charge in [0.1, 0.15) is 11.6 Å². The van der Waals surface area contributed by atoms with Crippen LogP contribution in [0.15, 0.2) is 23.1 Å². The van der Waals surface area contributed by atoms with Gasteiger partial charge in [-0.3, -0.25) is 4.79 Å². The summed E-state index contributed by atoms with van der Waals surface area (Å²) in [6.45, 7) is 9.11. The summed E-state index contributed by atoms with van der Waals surface area (Å²) in [5.41, 5.74) is 0.182. The average Bonchev–Trinajstić information content (AvgIpc) is 3.25. The van der Waals surface area contributed by atoms with Gasteiger partial charge in [-0.05, 0) is 116 Å². The minimum absolute atomic E-state index is 0.00407. The first-order valence-corrected chi connectivity index (χ1v) is 17.1. The lowest BCUT2D eigenvalue weighted by atomic mass is 9.41. The second-order valence-corrected chi connectivity index (χ2v) is 16.0. The number of carbonyl (C=O) groups excluding carboxylic acids is 1. The van der Waals surface area contributed by atoms with E-state index in [1.165, 1.54) is 0 Å². The second-order valence-electron chi connectivity index (χ2n) is 14.3. The van der Waals surface area contributed by atoms with Crippen LogP contribution in [0.4, 0.5) is 8.78 Å². The Bertz CT molecular complexity index is 1240. The van der Waals surface area contributed by atoms with Crippen LogP contribution >= 0.6 is 0 Å². The van der Waals surface area contributed by atoms with Crippen LogP contribution < -0.4 is 4.72 Å². The summed E-state index contributed by atoms with van der Waals surface area (Å²) in [4.78, 5) is 12.0. The maximum atomic E-state index is 13.5. The Balaban J connectivity index is 1.27. The number of aliphatic hydroxyl groups is 2. The maximum absolute atomic E-state index is 13.5. The van der Waals surface area contributed by atoms with E-state index in [9.17, 15) is 32.2 Å². The molecule has 4 saturated carbocycles. The van der Waals surface area contributed by atoms with Crippen molar-refractivity contribution in [1.82, 2.24) is 4.72 Å². The van der Waals surface area contributed by atoms with Crippen molar-refractivity contribution in [2.45, 2.75) is 109 Å². The molecule has 41 heavy (non-hydrogen) atoms. The van der Waals surface area contributed by atoms with Crippen molar-refractivity contribution in [1.29, 1.82) is 0 Å². The van der Waals surface area contributed by atoms with E-state index >= 15 is 0 Å². The van der Waals surface area contributed by atoms with E-state index < -0.39 is 32.5 Å². The van der Waals surface area contributed by atoms with E-state index in [-0.39, 0.29) is 47.2 Å². The monoisotopic (exact) mass is 595 g/mol. The molecule has 0 aliphatic heterocycles. The molecule has 5 rings (SSSR count). The molecule has 4 aliphatic carbocycles. The van der Waals surface area contributed by atoms with Gasteiger partial charge in [0.05, 0.1) is 17.1 Å². The number of fused-ring (bicyclic) bond motifs is 5. The first-order chi connectivity index (χ1) is 19.2. The number of carbonyl (C=O) groups is 1. The summed E-state index contributed by atoms with van der Waals surface area (Å²) in [7, 11) is -4.37. The van der Waals surface area contributed by atoms with Crippen LogP contribution in [0.5, 0.6) is 0 Å². The van der Waals surface area contributed by atoms with Crippen molar-refractivity contribution in [2.75, 3.05) is 0 Å². The van der Waals surface area contributed by atoms with Crippen LogP contribution in [0, 0.1) is 63.9 Å². The van der Waals surface area contributed by atoms with Gasteiger partial charge < -0.3 is 10.2 Å². The minimum atomic E-state index is -4.37. The highest BCUT2D eigenvalue weighted by atomic mass is 32.2. The van der Waals surface area contributed by atoms with E-state index in [0.717, 1.165) is 51.4 Å². The Morgan fingerprint density at radius 3 is 2.29 bits per heavy atom. The van der Waals surface area contributed by atoms with Crippen molar-refractivity contribution in [3.63, 3.8) is 0 Å². The molecule has 0 aromatic heterocycles. The minimum Gasteiger partial charge on any atom is -0.393 e. The van der Waals surface area contributed by atoms with Gasteiger partial charge in [-0.15, -0.1) is 0 Å². The lowest BCUT2D eigenvalue weighted by molar-refractivity contribution is -0.203. The van der Waals surface area contributed by atoms with Gasteiger partial charge >= 0.3 is 0 Å². The number of halogens is 2. The summed E-state index contributed by atoms with van der Waals surface area (Å²) in [5, 5.41) is 22.4. The summed E-state index contributed by atoms with van der Waals surface area (Å²) >= 11 is 0. The van der Waals surface area contributed by atoms with Crippen molar-refractivity contribution in [2.24, 2.45) is 52.3 Å². The zero-order valence-electron chi connectivity index (χ0n) is 24.8. The Morgan fingerprint density at radius 1 is 1.00 bits per heavy atom. The van der Waals surface area contributed by atoms with Crippen LogP contribution in [-0.2, 0) is 14.8 Å². The topological polar surface area (TPSA) is 104 Å². The summed E-state index contributed by atoms with van der Waals surface area (Å²) in [6, 6.07) is 1.97. The predicted molar refractivity (Wildman–Crippen MR) is 152 cm³/mol. The van der Waals surface area contributed by atoms with E-state index in [1.807, 2.05) is 4.72 Å². The van der Waals surface area contributed by atoms with Crippen LogP contribution in [-0.4, -0.2) is 36.7 Å². The molecule has 11 atom stereocenters. The standard InChI is InChI=1S/C32H47F2NO5S/c1-5-23-27-17-21(36)10-12-32(27,4)26-11-13-31(3)24(7-8-25(31)29(26)30(23)38)18(2)6-9-28(37)35-41(39,40)22-15-19(33)14-20(34)16-22/h14-16,18,21,23-27,29-30,36,38H,5-13,17H2,1-4H3,(H,35,37)/t18-,21-,23-,24?,25+,26+,27?,29+,30-,31?,32?/m1/s1. The van der Waals surface area contributed by atoms with Gasteiger partial charge in [0, 0.05) is 12.5 Å². The number of hydrogen-bond acceptors (Lipinski definition) is 5. The van der Waals surface area contributed by atoms with Gasteiger partial charge in [0.15, 0.2) is 0 Å². The Morgan fingerprint density at radius 2 is 1.63 bits per heavy atom. The number of aliphatic hydroxyl groups excluding tert-OH is 2. The number of sulfonamides is 1. The van der Waals surface area contributed by atoms with Crippen LogP contribution in [0.25, 0.3) is 0 Å². The van der Waals surface area contributed by atoms with Crippen LogP contribution in [0.2, 0.25) is 0 Å². The Labute approximate surface area is 243 Å². The molecule has 1 aromatic rings. The van der Waals surface area contributed by atoms with Crippen molar-refractivity contribution < 1.29 is 32.2 Å². The number of rotatable bonds is 7. The SMILES string of the molecule is CC[C@@H]1C2C[C@H](O)CCC2(C)[C@H]2CCC3(C)C([C@H](C)CCC(=O)NS(=O)(=O)c4cc(F)cc(F)c4)CC[C@H]3[C@@H]2[C@@H]1O. The third kappa shape index (κ3) is 5.37. The molecule has 4 unspecified atom stereocenters. The third-order valence-electron chi connectivity index (χ3n) is 12.4. The third-order valence-corrected chi connectivity index (χ3v) is 13.7. The van der Waals surface area contributed by atoms with Crippen LogP contribution in [0.3, 0.4) is 0 Å². The second kappa shape index (κ2) is 11.2.